The van der Waals surface area contributed by atoms with Gasteiger partial charge in [0.2, 0.25) is 0 Å². The highest BCUT2D eigenvalue weighted by Crippen LogP contribution is 2.54. The van der Waals surface area contributed by atoms with Crippen LogP contribution in [0.2, 0.25) is 0 Å². The topological polar surface area (TPSA) is 4.93 Å². The van der Waals surface area contributed by atoms with Gasteiger partial charge in [0.1, 0.15) is 0 Å². The van der Waals surface area contributed by atoms with Gasteiger partial charge in [-0.25, -0.2) is 0 Å². The van der Waals surface area contributed by atoms with Gasteiger partial charge in [0.05, 0.1) is 11.0 Å². The average molecular weight is 780 g/mol. The molecule has 0 saturated carbocycles. The Balaban J connectivity index is 1.23. The summed E-state index contributed by atoms with van der Waals surface area (Å²) in [7, 11) is 0. The van der Waals surface area contributed by atoms with Crippen molar-refractivity contribution in [2.24, 2.45) is 0 Å². The summed E-state index contributed by atoms with van der Waals surface area (Å²) >= 11 is 0. The molecule has 0 saturated heterocycles. The molecule has 1 nitrogen and oxygen atoms in total. The molecule has 0 N–H and O–H groups in total. The zero-order chi connectivity index (χ0) is 41.0. The zero-order valence-corrected chi connectivity index (χ0v) is 35.0. The minimum atomic E-state index is -0.0775. The van der Waals surface area contributed by atoms with Crippen LogP contribution in [0.4, 0.5) is 0 Å². The van der Waals surface area contributed by atoms with Gasteiger partial charge in [-0.05, 0) is 125 Å². The standard InChI is InChI=1S/C60H45N/c1-59(2)51-28-14-12-24-47(51)57-41(26-16-30-53(57)59)38-32-34-55-49(36-38)45-22-10-8-20-43(45)44-21-9-11-23-46(44)50-37-39(33-35-56(50)61(55)40-18-6-5-7-19-40)42-27-17-31-54-58(42)48-25-13-15-29-52(48)60(54,3)4/h5-37H,1-4H3. The van der Waals surface area contributed by atoms with Crippen molar-refractivity contribution in [3.63, 3.8) is 0 Å². The lowest BCUT2D eigenvalue weighted by molar-refractivity contribution is 0.660. The minimum absolute atomic E-state index is 0.0775. The van der Waals surface area contributed by atoms with Crippen molar-refractivity contribution < 1.29 is 0 Å². The second-order valence-corrected chi connectivity index (χ2v) is 18.0. The third-order valence-corrected chi connectivity index (χ3v) is 14.1. The Labute approximate surface area is 357 Å². The van der Waals surface area contributed by atoms with Crippen molar-refractivity contribution in [1.82, 2.24) is 4.57 Å². The van der Waals surface area contributed by atoms with E-state index in [1.54, 1.807) is 0 Å². The summed E-state index contributed by atoms with van der Waals surface area (Å²) in [5, 5.41) is 7.29. The Morgan fingerprint density at radius 2 is 0.656 bits per heavy atom. The number of nitrogens with zero attached hydrogens (tertiary/aromatic N) is 1. The summed E-state index contributed by atoms with van der Waals surface area (Å²) < 4.78 is 2.50. The van der Waals surface area contributed by atoms with E-state index in [1.807, 2.05) is 0 Å². The molecule has 0 atom stereocenters. The number of rotatable bonds is 3. The molecule has 290 valence electrons. The van der Waals surface area contributed by atoms with E-state index in [-0.39, 0.29) is 10.8 Å². The van der Waals surface area contributed by atoms with Crippen molar-refractivity contribution >= 4 is 43.4 Å². The smallest absolute Gasteiger partial charge is 0.0540 e. The molecule has 0 fully saturated rings. The number of hydrogen-bond donors (Lipinski definition) is 0. The molecule has 0 unspecified atom stereocenters. The van der Waals surface area contributed by atoms with Crippen LogP contribution in [0.1, 0.15) is 49.9 Å². The molecule has 0 radical (unpaired) electrons. The third kappa shape index (κ3) is 5.14. The van der Waals surface area contributed by atoms with E-state index in [0.717, 1.165) is 16.7 Å². The third-order valence-electron chi connectivity index (χ3n) is 14.1. The molecule has 2 aliphatic carbocycles. The van der Waals surface area contributed by atoms with Gasteiger partial charge in [0.25, 0.3) is 0 Å². The van der Waals surface area contributed by atoms with Crippen LogP contribution in [-0.4, -0.2) is 4.57 Å². The molecular weight excluding hydrogens is 735 g/mol. The van der Waals surface area contributed by atoms with Gasteiger partial charge in [0, 0.05) is 27.3 Å². The Morgan fingerprint density at radius 3 is 1.11 bits per heavy atom. The molecule has 0 spiro atoms. The first-order valence-corrected chi connectivity index (χ1v) is 21.6. The molecule has 1 heterocycles. The summed E-state index contributed by atoms with van der Waals surface area (Å²) in [6.45, 7) is 9.46. The zero-order valence-electron chi connectivity index (χ0n) is 35.0. The van der Waals surface area contributed by atoms with Gasteiger partial charge in [-0.15, -0.1) is 0 Å². The van der Waals surface area contributed by atoms with Gasteiger partial charge >= 0.3 is 0 Å². The fourth-order valence-electron chi connectivity index (χ4n) is 11.1. The number of hydrogen-bond acceptors (Lipinski definition) is 0. The molecule has 0 aliphatic heterocycles. The van der Waals surface area contributed by atoms with Gasteiger partial charge in [-0.2, -0.15) is 0 Å². The molecule has 61 heavy (non-hydrogen) atoms. The fourth-order valence-corrected chi connectivity index (χ4v) is 11.1. The van der Waals surface area contributed by atoms with Gasteiger partial charge in [0.15, 0.2) is 0 Å². The Hall–Kier alpha value is -7.22. The number of para-hydroxylation sites is 1. The van der Waals surface area contributed by atoms with Crippen molar-refractivity contribution in [2.75, 3.05) is 0 Å². The van der Waals surface area contributed by atoms with Crippen LogP contribution >= 0.6 is 0 Å². The highest BCUT2D eigenvalue weighted by Gasteiger charge is 2.38. The molecule has 10 aromatic rings. The van der Waals surface area contributed by atoms with E-state index in [0.29, 0.717) is 0 Å². The summed E-state index contributed by atoms with van der Waals surface area (Å²) in [5.74, 6) is 0. The first kappa shape index (κ1) is 35.7. The highest BCUT2D eigenvalue weighted by atomic mass is 15.0. The molecule has 12 rings (SSSR count). The lowest BCUT2D eigenvalue weighted by Crippen LogP contribution is -2.14. The van der Waals surface area contributed by atoms with Crippen LogP contribution in [-0.2, 0) is 10.8 Å². The summed E-state index contributed by atoms with van der Waals surface area (Å²) in [5.41, 5.74) is 19.2. The molecule has 1 aromatic heterocycles. The van der Waals surface area contributed by atoms with E-state index in [2.05, 4.69) is 232 Å². The predicted molar refractivity (Wildman–Crippen MR) is 259 cm³/mol. The lowest BCUT2D eigenvalue weighted by Gasteiger charge is -2.21. The van der Waals surface area contributed by atoms with E-state index in [1.165, 1.54) is 99.1 Å². The lowest BCUT2D eigenvalue weighted by atomic mass is 9.82. The molecule has 0 bridgehead atoms. The van der Waals surface area contributed by atoms with Crippen molar-refractivity contribution in [3.05, 3.63) is 222 Å². The van der Waals surface area contributed by atoms with Crippen LogP contribution in [0.25, 0.3) is 93.5 Å². The van der Waals surface area contributed by atoms with E-state index in [9.17, 15) is 0 Å². The van der Waals surface area contributed by atoms with Crippen LogP contribution in [0, 0.1) is 0 Å². The van der Waals surface area contributed by atoms with E-state index >= 15 is 0 Å². The monoisotopic (exact) mass is 779 g/mol. The van der Waals surface area contributed by atoms with Gasteiger partial charge in [-0.3, -0.25) is 0 Å². The first-order chi connectivity index (χ1) is 29.8. The molecule has 9 aromatic carbocycles. The predicted octanol–water partition coefficient (Wildman–Crippen LogP) is 16.2. The normalized spacial score (nSPS) is 14.2. The van der Waals surface area contributed by atoms with Crippen molar-refractivity contribution in [2.45, 2.75) is 38.5 Å². The van der Waals surface area contributed by atoms with Crippen LogP contribution in [0.15, 0.2) is 200 Å². The Morgan fingerprint density at radius 1 is 0.295 bits per heavy atom. The first-order valence-electron chi connectivity index (χ1n) is 21.6. The second kappa shape index (κ2) is 13.1. The van der Waals surface area contributed by atoms with Crippen molar-refractivity contribution in [3.8, 4) is 50.2 Å². The highest BCUT2D eigenvalue weighted by molar-refractivity contribution is 6.20. The largest absolute Gasteiger partial charge is 0.309 e. The van der Waals surface area contributed by atoms with Crippen molar-refractivity contribution in [1.29, 1.82) is 0 Å². The maximum atomic E-state index is 2.50. The van der Waals surface area contributed by atoms with Gasteiger partial charge in [-0.1, -0.05) is 191 Å². The molecule has 0 amide bonds. The number of fused-ring (bicyclic) bond motifs is 13. The quantitative estimate of drug-likeness (QED) is 0.168. The Kier molecular flexibility index (Phi) is 7.69. The maximum Gasteiger partial charge on any atom is 0.0540 e. The SMILES string of the molecule is CC1(C)c2ccccc2-c2c(-c3ccc4c(c3)c3ccccc3c3ccccc3c3cc(-c5cccc6c5-c5ccccc5C6(C)C)ccc3n4-c3ccccc3)cccc21. The van der Waals surface area contributed by atoms with Crippen LogP contribution in [0.3, 0.4) is 0 Å². The molecule has 1 heteroatoms. The van der Waals surface area contributed by atoms with E-state index in [4.69, 9.17) is 0 Å². The summed E-state index contributed by atoms with van der Waals surface area (Å²) in [6, 6.07) is 75.1. The van der Waals surface area contributed by atoms with Gasteiger partial charge < -0.3 is 4.57 Å². The number of benzene rings is 9. The summed E-state index contributed by atoms with van der Waals surface area (Å²) in [4.78, 5) is 0. The number of aromatic nitrogens is 1. The molecule has 2 aliphatic rings. The molecular formula is C60H45N. The summed E-state index contributed by atoms with van der Waals surface area (Å²) in [6.07, 6.45) is 0. The van der Waals surface area contributed by atoms with Crippen LogP contribution in [0.5, 0.6) is 0 Å². The average Bonchev–Trinajstić information content (AvgIpc) is 3.70. The Bertz CT molecular complexity index is 3310. The maximum absolute atomic E-state index is 2.50. The second-order valence-electron chi connectivity index (χ2n) is 18.0. The van der Waals surface area contributed by atoms with E-state index < -0.39 is 0 Å². The minimum Gasteiger partial charge on any atom is -0.309 e. The van der Waals surface area contributed by atoms with Crippen LogP contribution < -0.4 is 0 Å². The fraction of sp³-hybridized carbons (Fsp3) is 0.100.